The smallest absolute Gasteiger partial charge is 0.0622 e. The van der Waals surface area contributed by atoms with E-state index in [1.165, 1.54) is 128 Å². The van der Waals surface area contributed by atoms with Crippen LogP contribution in [-0.4, -0.2) is 0 Å². The fourth-order valence-electron chi connectivity index (χ4n) is 12.1. The maximum atomic E-state index is 2.52. The molecule has 0 saturated carbocycles. The van der Waals surface area contributed by atoms with Crippen molar-refractivity contribution in [3.63, 3.8) is 0 Å². The van der Waals surface area contributed by atoms with E-state index < -0.39 is 5.41 Å². The fraction of sp³-hybridized carbons (Fsp3) is 0.0137. The summed E-state index contributed by atoms with van der Waals surface area (Å²) in [5, 5.41) is 0. The summed E-state index contributed by atoms with van der Waals surface area (Å²) >= 11 is 0. The van der Waals surface area contributed by atoms with Gasteiger partial charge in [0.05, 0.1) is 5.41 Å². The van der Waals surface area contributed by atoms with E-state index in [4.69, 9.17) is 0 Å². The predicted molar refractivity (Wildman–Crippen MR) is 306 cm³/mol. The number of rotatable bonds is 8. The monoisotopic (exact) mass is 924 g/mol. The summed E-state index contributed by atoms with van der Waals surface area (Å²) < 4.78 is 0. The number of benzene rings is 12. The van der Waals surface area contributed by atoms with Crippen molar-refractivity contribution in [2.45, 2.75) is 5.41 Å². The zero-order chi connectivity index (χ0) is 48.3. The van der Waals surface area contributed by atoms with E-state index in [2.05, 4.69) is 291 Å². The van der Waals surface area contributed by atoms with Crippen molar-refractivity contribution in [3.8, 4) is 111 Å². The third kappa shape index (κ3) is 7.22. The molecule has 0 amide bonds. The third-order valence-electron chi connectivity index (χ3n) is 15.4. The molecule has 12 aromatic rings. The molecular formula is C73H48. The lowest BCUT2D eigenvalue weighted by Crippen LogP contribution is -2.25. The zero-order valence-corrected chi connectivity index (χ0v) is 40.2. The lowest BCUT2D eigenvalue weighted by atomic mass is 9.70. The van der Waals surface area contributed by atoms with Gasteiger partial charge in [0.15, 0.2) is 0 Å². The van der Waals surface area contributed by atoms with E-state index in [0.717, 1.165) is 5.56 Å². The summed E-state index contributed by atoms with van der Waals surface area (Å²) in [6.45, 7) is 0. The van der Waals surface area contributed by atoms with Gasteiger partial charge in [0.2, 0.25) is 0 Å². The Balaban J connectivity index is 0.986. The van der Waals surface area contributed by atoms with Crippen LogP contribution in [0, 0.1) is 0 Å². The van der Waals surface area contributed by atoms with Crippen LogP contribution < -0.4 is 0 Å². The van der Waals surface area contributed by atoms with Crippen LogP contribution in [-0.2, 0) is 5.41 Å². The summed E-state index contributed by atoms with van der Waals surface area (Å²) in [6.07, 6.45) is 0. The van der Waals surface area contributed by atoms with E-state index in [9.17, 15) is 0 Å². The minimum atomic E-state index is -0.439. The minimum absolute atomic E-state index is 0.439. The number of fused-ring (bicyclic) bond motifs is 10. The van der Waals surface area contributed by atoms with Crippen molar-refractivity contribution in [2.75, 3.05) is 0 Å². The van der Waals surface area contributed by atoms with E-state index in [1.807, 2.05) is 0 Å². The van der Waals surface area contributed by atoms with Gasteiger partial charge in [-0.25, -0.2) is 0 Å². The molecule has 14 rings (SSSR count). The standard InChI is InChI=1S/C73H48/c1-5-20-49(21-6-1)56-39-57(50-22-7-2-8-23-50)42-60(41-56)53-28-19-29-54(38-53)61-45-62(47-64(46-61)63-43-58(51-24-9-3-10-25-51)40-59(44-63)52-26-11-4-12-27-52)55-36-37-68-67-32-15-18-35-71(67)73(72(68)48-55)69-33-16-13-30-65(69)66-31-14-17-34-70(66)73/h1-48H. The molecule has 0 unspecified atom stereocenters. The Hall–Kier alpha value is -9.36. The summed E-state index contributed by atoms with van der Waals surface area (Å²) in [5.74, 6) is 0. The van der Waals surface area contributed by atoms with Crippen molar-refractivity contribution >= 4 is 0 Å². The van der Waals surface area contributed by atoms with Crippen LogP contribution in [0.1, 0.15) is 22.3 Å². The minimum Gasteiger partial charge on any atom is -0.0622 e. The first kappa shape index (κ1) is 42.5. The maximum absolute atomic E-state index is 2.52. The van der Waals surface area contributed by atoms with Gasteiger partial charge in [-0.3, -0.25) is 0 Å². The van der Waals surface area contributed by atoms with Gasteiger partial charge in [0.25, 0.3) is 0 Å². The van der Waals surface area contributed by atoms with Crippen molar-refractivity contribution in [3.05, 3.63) is 313 Å². The highest BCUT2D eigenvalue weighted by molar-refractivity contribution is 5.97. The summed E-state index contributed by atoms with van der Waals surface area (Å²) in [7, 11) is 0. The highest BCUT2D eigenvalue weighted by Crippen LogP contribution is 2.63. The number of hydrogen-bond donors (Lipinski definition) is 0. The average Bonchev–Trinajstić information content (AvgIpc) is 3.96. The lowest BCUT2D eigenvalue weighted by molar-refractivity contribution is 0.794. The summed E-state index contributed by atoms with van der Waals surface area (Å²) in [5.41, 5.74) is 29.1. The van der Waals surface area contributed by atoms with Gasteiger partial charge in [0, 0.05) is 0 Å². The Morgan fingerprint density at radius 1 is 0.137 bits per heavy atom. The molecule has 0 aromatic heterocycles. The van der Waals surface area contributed by atoms with Gasteiger partial charge >= 0.3 is 0 Å². The molecule has 2 aliphatic rings. The normalized spacial score (nSPS) is 12.5. The molecule has 2 aliphatic carbocycles. The van der Waals surface area contributed by atoms with Crippen LogP contribution >= 0.6 is 0 Å². The quantitative estimate of drug-likeness (QED) is 0.142. The van der Waals surface area contributed by atoms with Crippen LogP contribution in [0.5, 0.6) is 0 Å². The largest absolute Gasteiger partial charge is 0.0725 e. The van der Waals surface area contributed by atoms with E-state index in [0.29, 0.717) is 0 Å². The SMILES string of the molecule is c1ccc(-c2cc(-c3ccccc3)cc(-c3cccc(-c4cc(-c5cc(-c6ccccc6)cc(-c6ccccc6)c5)cc(-c5ccc6c(c5)C5(c7ccccc7-c7ccccc75)c5ccccc5-6)c4)c3)c2)cc1. The Labute approximate surface area is 427 Å². The third-order valence-corrected chi connectivity index (χ3v) is 15.4. The van der Waals surface area contributed by atoms with Crippen LogP contribution in [0.15, 0.2) is 291 Å². The van der Waals surface area contributed by atoms with Crippen molar-refractivity contribution in [1.29, 1.82) is 0 Å². The van der Waals surface area contributed by atoms with Crippen LogP contribution in [0.2, 0.25) is 0 Å². The van der Waals surface area contributed by atoms with Crippen molar-refractivity contribution in [1.82, 2.24) is 0 Å². The molecule has 0 aliphatic heterocycles. The van der Waals surface area contributed by atoms with Crippen LogP contribution in [0.25, 0.3) is 111 Å². The Morgan fingerprint density at radius 2 is 0.370 bits per heavy atom. The molecule has 0 fully saturated rings. The lowest BCUT2D eigenvalue weighted by Gasteiger charge is -2.30. The molecule has 340 valence electrons. The second-order valence-electron chi connectivity index (χ2n) is 19.6. The molecule has 0 radical (unpaired) electrons. The van der Waals surface area contributed by atoms with Gasteiger partial charge in [0.1, 0.15) is 0 Å². The molecule has 0 heterocycles. The topological polar surface area (TPSA) is 0 Å². The van der Waals surface area contributed by atoms with E-state index >= 15 is 0 Å². The van der Waals surface area contributed by atoms with Gasteiger partial charge in [-0.2, -0.15) is 0 Å². The molecule has 0 N–H and O–H groups in total. The molecule has 0 atom stereocenters. The first-order chi connectivity index (χ1) is 36.2. The van der Waals surface area contributed by atoms with Gasteiger partial charge < -0.3 is 0 Å². The molecule has 0 saturated heterocycles. The second kappa shape index (κ2) is 17.5. The van der Waals surface area contributed by atoms with Crippen molar-refractivity contribution in [2.24, 2.45) is 0 Å². The van der Waals surface area contributed by atoms with Crippen molar-refractivity contribution < 1.29 is 0 Å². The average molecular weight is 925 g/mol. The van der Waals surface area contributed by atoms with Gasteiger partial charge in [-0.05, 0) is 200 Å². The molecule has 12 aromatic carbocycles. The van der Waals surface area contributed by atoms with Crippen LogP contribution in [0.3, 0.4) is 0 Å². The summed E-state index contributed by atoms with van der Waals surface area (Å²) in [4.78, 5) is 0. The Kier molecular flexibility index (Phi) is 10.2. The molecule has 1 spiro atoms. The highest BCUT2D eigenvalue weighted by atomic mass is 14.5. The van der Waals surface area contributed by atoms with Gasteiger partial charge in [-0.1, -0.05) is 224 Å². The molecule has 0 heteroatoms. The Bertz CT molecular complexity index is 3870. The molecule has 0 nitrogen and oxygen atoms in total. The first-order valence-electron chi connectivity index (χ1n) is 25.4. The summed E-state index contributed by atoms with van der Waals surface area (Å²) in [6, 6.07) is 108. The first-order valence-corrected chi connectivity index (χ1v) is 25.4. The fourth-order valence-corrected chi connectivity index (χ4v) is 12.1. The molecule has 73 heavy (non-hydrogen) atoms. The highest BCUT2D eigenvalue weighted by Gasteiger charge is 2.51. The second-order valence-corrected chi connectivity index (χ2v) is 19.6. The molecular weight excluding hydrogens is 877 g/mol. The number of hydrogen-bond acceptors (Lipinski definition) is 0. The molecule has 0 bridgehead atoms. The Morgan fingerprint density at radius 3 is 0.712 bits per heavy atom. The van der Waals surface area contributed by atoms with Crippen LogP contribution in [0.4, 0.5) is 0 Å². The van der Waals surface area contributed by atoms with E-state index in [-0.39, 0.29) is 0 Å². The zero-order valence-electron chi connectivity index (χ0n) is 40.2. The maximum Gasteiger partial charge on any atom is 0.0725 e. The van der Waals surface area contributed by atoms with Gasteiger partial charge in [-0.15, -0.1) is 0 Å². The predicted octanol–water partition coefficient (Wildman–Crippen LogP) is 19.4. The van der Waals surface area contributed by atoms with E-state index in [1.54, 1.807) is 0 Å².